The molecule has 1 amide bonds. The standard InChI is InChI=1S/C21H22N4O3S2/c1-14-13-15(2)23-21(22-14)25-30(27,28)19-11-9-17(10-12-19)24-20(26)16(3)29-18-7-5-4-6-8-18/h4-13,16H,1-3H3,(H,24,26)(H,22,23,25)/t16-/m0/s1. The Bertz CT molecular complexity index is 1110. The molecule has 0 radical (unpaired) electrons. The number of carbonyl (C=O) groups excluding carboxylic acids is 1. The van der Waals surface area contributed by atoms with Gasteiger partial charge in [-0.05, 0) is 63.2 Å². The van der Waals surface area contributed by atoms with E-state index in [0.29, 0.717) is 17.1 Å². The average Bonchev–Trinajstić information content (AvgIpc) is 2.68. The van der Waals surface area contributed by atoms with Gasteiger partial charge in [0.15, 0.2) is 0 Å². The minimum Gasteiger partial charge on any atom is -0.325 e. The number of aromatic nitrogens is 2. The van der Waals surface area contributed by atoms with Gasteiger partial charge in [0, 0.05) is 22.0 Å². The summed E-state index contributed by atoms with van der Waals surface area (Å²) in [5.74, 6) is -0.141. The zero-order valence-electron chi connectivity index (χ0n) is 16.8. The first kappa shape index (κ1) is 21.8. The topological polar surface area (TPSA) is 101 Å². The molecule has 9 heteroatoms. The van der Waals surface area contributed by atoms with Crippen LogP contribution < -0.4 is 10.0 Å². The SMILES string of the molecule is Cc1cc(C)nc(NS(=O)(=O)c2ccc(NC(=O)[C@H](C)Sc3ccccc3)cc2)n1. The van der Waals surface area contributed by atoms with E-state index in [2.05, 4.69) is 20.0 Å². The molecule has 0 aliphatic carbocycles. The summed E-state index contributed by atoms with van der Waals surface area (Å²) in [4.78, 5) is 21.7. The minimum atomic E-state index is -3.84. The number of hydrogen-bond acceptors (Lipinski definition) is 6. The summed E-state index contributed by atoms with van der Waals surface area (Å²) in [6, 6.07) is 17.4. The highest BCUT2D eigenvalue weighted by atomic mass is 32.2. The minimum absolute atomic E-state index is 0.0247. The molecule has 0 saturated heterocycles. The van der Waals surface area contributed by atoms with E-state index in [-0.39, 0.29) is 22.0 Å². The van der Waals surface area contributed by atoms with E-state index in [1.54, 1.807) is 32.0 Å². The van der Waals surface area contributed by atoms with E-state index in [4.69, 9.17) is 0 Å². The first-order valence-electron chi connectivity index (χ1n) is 9.21. The molecule has 0 aliphatic heterocycles. The second-order valence-electron chi connectivity index (χ2n) is 6.67. The third-order valence-electron chi connectivity index (χ3n) is 4.07. The van der Waals surface area contributed by atoms with Crippen LogP contribution in [0.15, 0.2) is 70.5 Å². The third kappa shape index (κ3) is 5.80. The van der Waals surface area contributed by atoms with Crippen molar-refractivity contribution in [2.75, 3.05) is 10.0 Å². The van der Waals surface area contributed by atoms with Crippen molar-refractivity contribution in [1.82, 2.24) is 9.97 Å². The van der Waals surface area contributed by atoms with Crippen LogP contribution in [0.3, 0.4) is 0 Å². The second-order valence-corrected chi connectivity index (χ2v) is 9.76. The van der Waals surface area contributed by atoms with Crippen molar-refractivity contribution in [3.63, 3.8) is 0 Å². The number of amides is 1. The van der Waals surface area contributed by atoms with Crippen LogP contribution in [-0.4, -0.2) is 29.5 Å². The summed E-state index contributed by atoms with van der Waals surface area (Å²) < 4.78 is 27.6. The maximum absolute atomic E-state index is 12.6. The lowest BCUT2D eigenvalue weighted by atomic mass is 10.3. The van der Waals surface area contributed by atoms with Crippen LogP contribution in [-0.2, 0) is 14.8 Å². The van der Waals surface area contributed by atoms with E-state index >= 15 is 0 Å². The van der Waals surface area contributed by atoms with Gasteiger partial charge in [-0.3, -0.25) is 4.79 Å². The zero-order chi connectivity index (χ0) is 21.7. The zero-order valence-corrected chi connectivity index (χ0v) is 18.4. The molecule has 0 fully saturated rings. The third-order valence-corrected chi connectivity index (χ3v) is 6.52. The van der Waals surface area contributed by atoms with Gasteiger partial charge in [-0.2, -0.15) is 0 Å². The largest absolute Gasteiger partial charge is 0.325 e. The maximum atomic E-state index is 12.6. The van der Waals surface area contributed by atoms with Crippen LogP contribution in [0.25, 0.3) is 0 Å². The van der Waals surface area contributed by atoms with Crippen LogP contribution in [0.4, 0.5) is 11.6 Å². The molecular weight excluding hydrogens is 420 g/mol. The number of nitrogens with zero attached hydrogens (tertiary/aromatic N) is 2. The monoisotopic (exact) mass is 442 g/mol. The highest BCUT2D eigenvalue weighted by Gasteiger charge is 2.18. The number of rotatable bonds is 7. The second kappa shape index (κ2) is 9.27. The maximum Gasteiger partial charge on any atom is 0.264 e. The van der Waals surface area contributed by atoms with Gasteiger partial charge in [0.05, 0.1) is 10.1 Å². The van der Waals surface area contributed by atoms with Gasteiger partial charge >= 0.3 is 0 Å². The molecule has 1 aromatic heterocycles. The normalized spacial score (nSPS) is 12.2. The number of benzene rings is 2. The van der Waals surface area contributed by atoms with Gasteiger partial charge in [-0.25, -0.2) is 23.1 Å². The number of carbonyl (C=O) groups is 1. The van der Waals surface area contributed by atoms with Gasteiger partial charge in [0.25, 0.3) is 10.0 Å². The molecule has 30 heavy (non-hydrogen) atoms. The molecule has 0 aliphatic rings. The molecule has 0 saturated carbocycles. The highest BCUT2D eigenvalue weighted by Crippen LogP contribution is 2.24. The molecular formula is C21H22N4O3S2. The molecule has 0 spiro atoms. The average molecular weight is 443 g/mol. The van der Waals surface area contributed by atoms with Crippen LogP contribution >= 0.6 is 11.8 Å². The molecule has 1 heterocycles. The molecule has 0 unspecified atom stereocenters. The smallest absolute Gasteiger partial charge is 0.264 e. The fraction of sp³-hybridized carbons (Fsp3) is 0.190. The molecule has 2 aromatic carbocycles. The number of sulfonamides is 1. The molecule has 0 bridgehead atoms. The van der Waals surface area contributed by atoms with Crippen molar-refractivity contribution >= 4 is 39.3 Å². The van der Waals surface area contributed by atoms with Gasteiger partial charge in [-0.15, -0.1) is 11.8 Å². The summed E-state index contributed by atoms with van der Waals surface area (Å²) in [5, 5.41) is 2.50. The van der Waals surface area contributed by atoms with E-state index in [9.17, 15) is 13.2 Å². The Hall–Kier alpha value is -2.91. The van der Waals surface area contributed by atoms with Crippen LogP contribution in [0.2, 0.25) is 0 Å². The van der Waals surface area contributed by atoms with E-state index in [0.717, 1.165) is 4.90 Å². The Labute approximate surface area is 180 Å². The fourth-order valence-corrected chi connectivity index (χ4v) is 4.50. The predicted octanol–water partition coefficient (Wildman–Crippen LogP) is 4.01. The number of aryl methyl sites for hydroxylation is 2. The Kier molecular flexibility index (Phi) is 6.73. The molecule has 156 valence electrons. The van der Waals surface area contributed by atoms with Gasteiger partial charge in [-0.1, -0.05) is 18.2 Å². The quantitative estimate of drug-likeness (QED) is 0.536. The van der Waals surface area contributed by atoms with Gasteiger partial charge in [0.1, 0.15) is 0 Å². The predicted molar refractivity (Wildman–Crippen MR) is 119 cm³/mol. The van der Waals surface area contributed by atoms with Crippen molar-refractivity contribution in [3.8, 4) is 0 Å². The molecule has 7 nitrogen and oxygen atoms in total. The van der Waals surface area contributed by atoms with Crippen LogP contribution in [0, 0.1) is 13.8 Å². The Morgan fingerprint density at radius 1 is 0.967 bits per heavy atom. The Morgan fingerprint density at radius 3 is 2.17 bits per heavy atom. The molecule has 3 aromatic rings. The van der Waals surface area contributed by atoms with Crippen molar-refractivity contribution in [2.24, 2.45) is 0 Å². The highest BCUT2D eigenvalue weighted by molar-refractivity contribution is 8.00. The fourth-order valence-electron chi connectivity index (χ4n) is 2.67. The first-order chi connectivity index (χ1) is 14.2. The number of nitrogens with one attached hydrogen (secondary N) is 2. The lowest BCUT2D eigenvalue weighted by molar-refractivity contribution is -0.115. The Balaban J connectivity index is 1.65. The van der Waals surface area contributed by atoms with E-state index in [1.807, 2.05) is 37.3 Å². The number of thioether (sulfide) groups is 1. The molecule has 1 atom stereocenters. The number of hydrogen-bond donors (Lipinski definition) is 2. The van der Waals surface area contributed by atoms with Gasteiger partial charge < -0.3 is 5.32 Å². The molecule has 2 N–H and O–H groups in total. The first-order valence-corrected chi connectivity index (χ1v) is 11.6. The summed E-state index contributed by atoms with van der Waals surface area (Å²) in [6.45, 7) is 5.35. The lowest BCUT2D eigenvalue weighted by Crippen LogP contribution is -2.22. The summed E-state index contributed by atoms with van der Waals surface area (Å²) in [5.41, 5.74) is 1.85. The van der Waals surface area contributed by atoms with E-state index in [1.165, 1.54) is 23.9 Å². The Morgan fingerprint density at radius 2 is 1.57 bits per heavy atom. The summed E-state index contributed by atoms with van der Waals surface area (Å²) >= 11 is 1.45. The molecule has 3 rings (SSSR count). The number of anilines is 2. The van der Waals surface area contributed by atoms with Crippen molar-refractivity contribution in [3.05, 3.63) is 72.1 Å². The van der Waals surface area contributed by atoms with Crippen LogP contribution in [0.1, 0.15) is 18.3 Å². The van der Waals surface area contributed by atoms with E-state index < -0.39 is 10.0 Å². The van der Waals surface area contributed by atoms with Crippen molar-refractivity contribution < 1.29 is 13.2 Å². The summed E-state index contributed by atoms with van der Waals surface area (Å²) in [7, 11) is -3.84. The summed E-state index contributed by atoms with van der Waals surface area (Å²) in [6.07, 6.45) is 0. The van der Waals surface area contributed by atoms with Crippen molar-refractivity contribution in [2.45, 2.75) is 35.8 Å². The van der Waals surface area contributed by atoms with Gasteiger partial charge in [0.2, 0.25) is 11.9 Å². The van der Waals surface area contributed by atoms with Crippen molar-refractivity contribution in [1.29, 1.82) is 0 Å². The van der Waals surface area contributed by atoms with Crippen LogP contribution in [0.5, 0.6) is 0 Å². The lowest BCUT2D eigenvalue weighted by Gasteiger charge is -2.13.